The number of rotatable bonds is 5. The van der Waals surface area contributed by atoms with Crippen LogP contribution in [0.4, 0.5) is 5.69 Å². The number of para-hydroxylation sites is 2. The van der Waals surface area contributed by atoms with Crippen LogP contribution in [0.1, 0.15) is 19.3 Å². The molecule has 2 N–H and O–H groups in total. The molecule has 1 aliphatic heterocycles. The minimum atomic E-state index is -0.820. The summed E-state index contributed by atoms with van der Waals surface area (Å²) in [6.45, 7) is 0.306. The van der Waals surface area contributed by atoms with E-state index in [1.54, 1.807) is 24.1 Å². The lowest BCUT2D eigenvalue weighted by molar-refractivity contribution is -0.146. The molecule has 0 spiro atoms. The van der Waals surface area contributed by atoms with E-state index in [1.165, 1.54) is 0 Å². The third-order valence-electron chi connectivity index (χ3n) is 4.71. The molecule has 1 unspecified atom stereocenters. The van der Waals surface area contributed by atoms with Crippen LogP contribution < -0.4 is 15.0 Å². The third-order valence-corrected chi connectivity index (χ3v) is 4.71. The summed E-state index contributed by atoms with van der Waals surface area (Å²) < 4.78 is 5.28. The van der Waals surface area contributed by atoms with E-state index in [-0.39, 0.29) is 30.2 Å². The summed E-state index contributed by atoms with van der Waals surface area (Å²) in [4.78, 5) is 37.0. The number of carbonyl (C=O) groups excluding carboxylic acids is 2. The van der Waals surface area contributed by atoms with Gasteiger partial charge in [-0.3, -0.25) is 14.4 Å². The van der Waals surface area contributed by atoms with E-state index in [2.05, 4.69) is 5.32 Å². The Bertz CT molecular complexity index is 669. The molecule has 0 bridgehead atoms. The van der Waals surface area contributed by atoms with Crippen molar-refractivity contribution in [2.75, 3.05) is 18.6 Å². The lowest BCUT2D eigenvalue weighted by atomic mass is 9.80. The Hall–Kier alpha value is -2.57. The van der Waals surface area contributed by atoms with Crippen molar-refractivity contribution in [2.45, 2.75) is 25.3 Å². The van der Waals surface area contributed by atoms with Gasteiger partial charge in [0.15, 0.2) is 0 Å². The van der Waals surface area contributed by atoms with Crippen molar-refractivity contribution in [2.24, 2.45) is 11.8 Å². The van der Waals surface area contributed by atoms with Gasteiger partial charge in [0.25, 0.3) is 0 Å². The molecule has 0 aromatic heterocycles. The van der Waals surface area contributed by atoms with Crippen LogP contribution in [-0.2, 0) is 14.4 Å². The number of ether oxygens (including phenoxy) is 1. The summed E-state index contributed by atoms with van der Waals surface area (Å²) in [5.74, 6) is -1.32. The Morgan fingerprint density at radius 3 is 2.62 bits per heavy atom. The Morgan fingerprint density at radius 1 is 1.25 bits per heavy atom. The first kappa shape index (κ1) is 16.3. The molecule has 2 fully saturated rings. The Kier molecular flexibility index (Phi) is 4.42. The fraction of sp³-hybridized carbons (Fsp3) is 0.471. The number of anilines is 1. The zero-order chi connectivity index (χ0) is 17.3. The Labute approximate surface area is 139 Å². The molecule has 1 aliphatic carbocycles. The minimum Gasteiger partial charge on any atom is -0.495 e. The van der Waals surface area contributed by atoms with Gasteiger partial charge in [-0.1, -0.05) is 12.1 Å². The zero-order valence-electron chi connectivity index (χ0n) is 13.4. The topological polar surface area (TPSA) is 95.9 Å². The molecule has 24 heavy (non-hydrogen) atoms. The number of amides is 2. The number of hydrogen-bond acceptors (Lipinski definition) is 4. The molecule has 2 aliphatic rings. The number of hydrogen-bond donors (Lipinski definition) is 2. The Morgan fingerprint density at radius 2 is 1.96 bits per heavy atom. The number of nitrogens with zero attached hydrogens (tertiary/aromatic N) is 1. The van der Waals surface area contributed by atoms with Crippen molar-refractivity contribution in [1.29, 1.82) is 0 Å². The summed E-state index contributed by atoms with van der Waals surface area (Å²) >= 11 is 0. The molecule has 1 atom stereocenters. The highest BCUT2D eigenvalue weighted by atomic mass is 16.5. The largest absolute Gasteiger partial charge is 0.495 e. The number of methoxy groups -OCH3 is 1. The van der Waals surface area contributed by atoms with E-state index in [1.807, 2.05) is 12.1 Å². The highest BCUT2D eigenvalue weighted by molar-refractivity contribution is 6.01. The second-order valence-corrected chi connectivity index (χ2v) is 6.29. The summed E-state index contributed by atoms with van der Waals surface area (Å²) in [6.07, 6.45) is 1.06. The second kappa shape index (κ2) is 6.51. The predicted octanol–water partition coefficient (Wildman–Crippen LogP) is 1.03. The van der Waals surface area contributed by atoms with Crippen molar-refractivity contribution in [3.05, 3.63) is 24.3 Å². The van der Waals surface area contributed by atoms with Crippen molar-refractivity contribution in [1.82, 2.24) is 5.32 Å². The van der Waals surface area contributed by atoms with Crippen LogP contribution >= 0.6 is 0 Å². The maximum atomic E-state index is 12.3. The molecule has 1 saturated heterocycles. The van der Waals surface area contributed by atoms with Crippen LogP contribution in [0, 0.1) is 11.8 Å². The molecule has 7 nitrogen and oxygen atoms in total. The van der Waals surface area contributed by atoms with Gasteiger partial charge in [-0.15, -0.1) is 0 Å². The molecule has 7 heteroatoms. The normalized spacial score (nSPS) is 26.0. The lowest BCUT2D eigenvalue weighted by Crippen LogP contribution is -2.48. The summed E-state index contributed by atoms with van der Waals surface area (Å²) in [5.41, 5.74) is 0.662. The van der Waals surface area contributed by atoms with Crippen molar-refractivity contribution in [3.63, 3.8) is 0 Å². The maximum Gasteiger partial charge on any atom is 0.306 e. The molecular weight excluding hydrogens is 312 g/mol. The highest BCUT2D eigenvalue weighted by Crippen LogP contribution is 2.33. The number of carbonyl (C=O) groups is 3. The summed E-state index contributed by atoms with van der Waals surface area (Å²) in [7, 11) is 1.54. The number of benzene rings is 1. The van der Waals surface area contributed by atoms with Crippen molar-refractivity contribution in [3.8, 4) is 5.75 Å². The van der Waals surface area contributed by atoms with Gasteiger partial charge in [-0.2, -0.15) is 0 Å². The van der Waals surface area contributed by atoms with Crippen LogP contribution in [-0.4, -0.2) is 42.6 Å². The lowest BCUT2D eigenvalue weighted by Gasteiger charge is -2.33. The third kappa shape index (κ3) is 3.06. The van der Waals surface area contributed by atoms with Crippen LogP contribution in [0.2, 0.25) is 0 Å². The van der Waals surface area contributed by atoms with Crippen LogP contribution in [0.3, 0.4) is 0 Å². The van der Waals surface area contributed by atoms with E-state index >= 15 is 0 Å². The number of carboxylic acids is 1. The standard InChI is InChI=1S/C17H20N2O5/c1-24-14-5-3-2-4-13(14)19-9-11(8-15(19)20)16(21)18-12-6-10(7-12)17(22)23/h2-5,10-12H,6-9H2,1H3,(H,18,21)(H,22,23). The fourth-order valence-electron chi connectivity index (χ4n) is 3.23. The molecule has 1 aromatic rings. The van der Waals surface area contributed by atoms with E-state index in [0.29, 0.717) is 30.8 Å². The highest BCUT2D eigenvalue weighted by Gasteiger charge is 2.40. The second-order valence-electron chi connectivity index (χ2n) is 6.29. The molecule has 2 amide bonds. The van der Waals surface area contributed by atoms with E-state index in [0.717, 1.165) is 0 Å². The fourth-order valence-corrected chi connectivity index (χ4v) is 3.23. The van der Waals surface area contributed by atoms with Crippen LogP contribution in [0.25, 0.3) is 0 Å². The smallest absolute Gasteiger partial charge is 0.306 e. The van der Waals surface area contributed by atoms with Gasteiger partial charge in [0.2, 0.25) is 11.8 Å². The van der Waals surface area contributed by atoms with Crippen LogP contribution in [0.15, 0.2) is 24.3 Å². The van der Waals surface area contributed by atoms with Gasteiger partial charge in [0.05, 0.1) is 24.6 Å². The van der Waals surface area contributed by atoms with Gasteiger partial charge in [0.1, 0.15) is 5.75 Å². The first-order valence-corrected chi connectivity index (χ1v) is 7.96. The Balaban J connectivity index is 1.60. The quantitative estimate of drug-likeness (QED) is 0.839. The SMILES string of the molecule is COc1ccccc1N1CC(C(=O)NC2CC(C(=O)O)C2)CC1=O. The van der Waals surface area contributed by atoms with E-state index < -0.39 is 11.9 Å². The molecule has 1 heterocycles. The molecule has 1 saturated carbocycles. The monoisotopic (exact) mass is 332 g/mol. The number of aliphatic carboxylic acids is 1. The number of carboxylic acid groups (broad SMARTS) is 1. The van der Waals surface area contributed by atoms with Gasteiger partial charge in [-0.05, 0) is 25.0 Å². The van der Waals surface area contributed by atoms with Gasteiger partial charge in [0, 0.05) is 19.0 Å². The van der Waals surface area contributed by atoms with Gasteiger partial charge < -0.3 is 20.1 Å². The molecule has 0 radical (unpaired) electrons. The van der Waals surface area contributed by atoms with Crippen molar-refractivity contribution < 1.29 is 24.2 Å². The zero-order valence-corrected chi connectivity index (χ0v) is 13.4. The predicted molar refractivity (Wildman–Crippen MR) is 85.7 cm³/mol. The maximum absolute atomic E-state index is 12.3. The molecule has 1 aromatic carbocycles. The first-order valence-electron chi connectivity index (χ1n) is 7.96. The van der Waals surface area contributed by atoms with Gasteiger partial charge >= 0.3 is 5.97 Å². The van der Waals surface area contributed by atoms with E-state index in [9.17, 15) is 14.4 Å². The molecule has 3 rings (SSSR count). The molecule has 128 valence electrons. The van der Waals surface area contributed by atoms with Gasteiger partial charge in [-0.25, -0.2) is 0 Å². The van der Waals surface area contributed by atoms with Crippen molar-refractivity contribution >= 4 is 23.5 Å². The summed E-state index contributed by atoms with van der Waals surface area (Å²) in [5, 5.41) is 11.7. The first-order chi connectivity index (χ1) is 11.5. The van der Waals surface area contributed by atoms with Crippen LogP contribution in [0.5, 0.6) is 5.75 Å². The van der Waals surface area contributed by atoms with E-state index in [4.69, 9.17) is 9.84 Å². The summed E-state index contributed by atoms with van der Waals surface area (Å²) in [6, 6.07) is 7.10. The average molecular weight is 332 g/mol. The molecular formula is C17H20N2O5. The average Bonchev–Trinajstić information content (AvgIpc) is 2.91. The number of nitrogens with one attached hydrogen (secondary N) is 1. The minimum absolute atomic E-state index is 0.103.